The number of aromatic nitrogens is 4. The highest BCUT2D eigenvalue weighted by molar-refractivity contribution is 6.31. The zero-order valence-electron chi connectivity index (χ0n) is 14.2. The number of amides is 2. The van der Waals surface area contributed by atoms with Gasteiger partial charge in [0.05, 0.1) is 10.7 Å². The van der Waals surface area contributed by atoms with Crippen molar-refractivity contribution in [1.29, 1.82) is 0 Å². The lowest BCUT2D eigenvalue weighted by molar-refractivity contribution is -0.116. The molecule has 3 rings (SSSR count). The van der Waals surface area contributed by atoms with E-state index in [-0.39, 0.29) is 18.4 Å². The average Bonchev–Trinajstić information content (AvgIpc) is 3.15. The highest BCUT2D eigenvalue weighted by atomic mass is 35.5. The van der Waals surface area contributed by atoms with Gasteiger partial charge < -0.3 is 10.6 Å². The molecule has 0 fully saturated rings. The summed E-state index contributed by atoms with van der Waals surface area (Å²) >= 11 is 5.92. The second-order valence-electron chi connectivity index (χ2n) is 5.71. The van der Waals surface area contributed by atoms with E-state index in [2.05, 4.69) is 20.8 Å². The number of benzene rings is 1. The van der Waals surface area contributed by atoms with E-state index in [4.69, 9.17) is 11.6 Å². The van der Waals surface area contributed by atoms with Crippen LogP contribution in [0.1, 0.15) is 16.2 Å². The van der Waals surface area contributed by atoms with E-state index in [0.717, 1.165) is 0 Å². The second kappa shape index (κ2) is 7.40. The number of halogens is 1. The first-order chi connectivity index (χ1) is 12.4. The summed E-state index contributed by atoms with van der Waals surface area (Å²) in [7, 11) is 1.74. The minimum Gasteiger partial charge on any atom is -0.324 e. The topological polar surface area (TPSA) is 93.8 Å². The highest BCUT2D eigenvalue weighted by Crippen LogP contribution is 2.15. The Bertz CT molecular complexity index is 925. The van der Waals surface area contributed by atoms with E-state index in [1.165, 1.54) is 4.68 Å². The third-order valence-corrected chi connectivity index (χ3v) is 3.94. The van der Waals surface area contributed by atoms with Gasteiger partial charge in [-0.15, -0.1) is 0 Å². The summed E-state index contributed by atoms with van der Waals surface area (Å²) in [6.45, 7) is 1.83. The molecule has 0 aliphatic heterocycles. The van der Waals surface area contributed by atoms with Crippen LogP contribution in [0.3, 0.4) is 0 Å². The lowest BCUT2D eigenvalue weighted by Gasteiger charge is -2.07. The summed E-state index contributed by atoms with van der Waals surface area (Å²) in [5.74, 6) is -0.525. The molecule has 0 unspecified atom stereocenters. The Hall–Kier alpha value is -3.13. The van der Waals surface area contributed by atoms with Crippen LogP contribution in [0, 0.1) is 6.92 Å². The number of carbonyl (C=O) groups is 2. The van der Waals surface area contributed by atoms with E-state index < -0.39 is 0 Å². The number of aryl methyl sites for hydroxylation is 2. The molecular formula is C17H17ClN6O2. The summed E-state index contributed by atoms with van der Waals surface area (Å²) in [6.07, 6.45) is 3.30. The van der Waals surface area contributed by atoms with Crippen molar-refractivity contribution in [2.75, 3.05) is 10.6 Å². The maximum absolute atomic E-state index is 12.1. The van der Waals surface area contributed by atoms with Crippen LogP contribution < -0.4 is 10.6 Å². The Labute approximate surface area is 154 Å². The van der Waals surface area contributed by atoms with E-state index >= 15 is 0 Å². The Morgan fingerprint density at radius 2 is 1.73 bits per heavy atom. The lowest BCUT2D eigenvalue weighted by Crippen LogP contribution is -2.19. The summed E-state index contributed by atoms with van der Waals surface area (Å²) < 4.78 is 3.04. The molecule has 0 saturated heterocycles. The fraction of sp³-hybridized carbons (Fsp3) is 0.176. The molecule has 0 radical (unpaired) electrons. The maximum Gasteiger partial charge on any atom is 0.276 e. The molecule has 0 spiro atoms. The maximum atomic E-state index is 12.1. The number of carbonyl (C=O) groups excluding carboxylic acids is 2. The van der Waals surface area contributed by atoms with Crippen LogP contribution in [-0.4, -0.2) is 31.4 Å². The van der Waals surface area contributed by atoms with Crippen LogP contribution in [0.15, 0.2) is 42.7 Å². The zero-order valence-corrected chi connectivity index (χ0v) is 15.0. The van der Waals surface area contributed by atoms with Gasteiger partial charge in [0.1, 0.15) is 6.54 Å². The predicted molar refractivity (Wildman–Crippen MR) is 98.2 cm³/mol. The van der Waals surface area contributed by atoms with Gasteiger partial charge in [-0.25, -0.2) is 0 Å². The molecule has 0 aliphatic carbocycles. The Morgan fingerprint density at radius 3 is 2.27 bits per heavy atom. The first kappa shape index (κ1) is 17.7. The summed E-state index contributed by atoms with van der Waals surface area (Å²) in [6, 6.07) is 8.43. The molecule has 26 heavy (non-hydrogen) atoms. The van der Waals surface area contributed by atoms with Gasteiger partial charge >= 0.3 is 0 Å². The van der Waals surface area contributed by atoms with Crippen LogP contribution in [0.2, 0.25) is 5.02 Å². The minimum absolute atomic E-state index is 0.0612. The quantitative estimate of drug-likeness (QED) is 0.719. The van der Waals surface area contributed by atoms with Crippen LogP contribution >= 0.6 is 11.6 Å². The van der Waals surface area contributed by atoms with Crippen molar-refractivity contribution in [2.45, 2.75) is 13.5 Å². The van der Waals surface area contributed by atoms with Gasteiger partial charge in [-0.1, -0.05) is 11.6 Å². The molecule has 134 valence electrons. The molecule has 0 aliphatic rings. The Morgan fingerprint density at radius 1 is 1.08 bits per heavy atom. The highest BCUT2D eigenvalue weighted by Gasteiger charge is 2.10. The summed E-state index contributed by atoms with van der Waals surface area (Å²) in [4.78, 5) is 24.1. The molecule has 8 nitrogen and oxygen atoms in total. The number of nitrogens with one attached hydrogen (secondary N) is 2. The second-order valence-corrected chi connectivity index (χ2v) is 6.12. The van der Waals surface area contributed by atoms with E-state index in [1.807, 2.05) is 0 Å². The van der Waals surface area contributed by atoms with Crippen molar-refractivity contribution in [1.82, 2.24) is 19.6 Å². The van der Waals surface area contributed by atoms with Crippen LogP contribution in [0.25, 0.3) is 0 Å². The average molecular weight is 373 g/mol. The van der Waals surface area contributed by atoms with Crippen molar-refractivity contribution in [3.63, 3.8) is 0 Å². The van der Waals surface area contributed by atoms with Gasteiger partial charge in [0, 0.05) is 30.8 Å². The molecule has 3 aromatic rings. The van der Waals surface area contributed by atoms with E-state index in [1.54, 1.807) is 61.4 Å². The van der Waals surface area contributed by atoms with Crippen molar-refractivity contribution in [3.8, 4) is 0 Å². The third-order valence-electron chi connectivity index (χ3n) is 3.56. The zero-order chi connectivity index (χ0) is 18.7. The first-order valence-electron chi connectivity index (χ1n) is 7.81. The molecule has 2 aromatic heterocycles. The van der Waals surface area contributed by atoms with Gasteiger partial charge in [-0.3, -0.25) is 19.0 Å². The van der Waals surface area contributed by atoms with Crippen LogP contribution in [0.5, 0.6) is 0 Å². The Kier molecular flexibility index (Phi) is 5.04. The smallest absolute Gasteiger partial charge is 0.276 e. The monoisotopic (exact) mass is 372 g/mol. The SMILES string of the molecule is Cc1nn(CC(=O)Nc2ccc(NC(=O)c3ccn(C)n3)cc2)cc1Cl. The number of rotatable bonds is 5. The molecular weight excluding hydrogens is 356 g/mol. The standard InChI is InChI=1S/C17H17ClN6O2/c1-11-14(18)9-24(21-11)10-16(25)19-12-3-5-13(6-4-12)20-17(26)15-7-8-23(2)22-15/h3-9H,10H2,1-2H3,(H,19,25)(H,20,26). The van der Waals surface area contributed by atoms with Gasteiger partial charge in [0.15, 0.2) is 5.69 Å². The van der Waals surface area contributed by atoms with Crippen molar-refractivity contribution >= 4 is 34.8 Å². The number of hydrogen-bond donors (Lipinski definition) is 2. The molecule has 0 bridgehead atoms. The van der Waals surface area contributed by atoms with Gasteiger partial charge in [-0.2, -0.15) is 10.2 Å². The molecule has 9 heteroatoms. The summed E-state index contributed by atoms with van der Waals surface area (Å²) in [5.41, 5.74) is 2.22. The fourth-order valence-corrected chi connectivity index (χ4v) is 2.44. The molecule has 2 amide bonds. The van der Waals surface area contributed by atoms with Crippen molar-refractivity contribution in [3.05, 3.63) is 59.1 Å². The molecule has 1 aromatic carbocycles. The van der Waals surface area contributed by atoms with Gasteiger partial charge in [0.25, 0.3) is 5.91 Å². The summed E-state index contributed by atoms with van der Waals surface area (Å²) in [5, 5.41) is 14.2. The molecule has 0 atom stereocenters. The van der Waals surface area contributed by atoms with Crippen molar-refractivity contribution < 1.29 is 9.59 Å². The first-order valence-corrected chi connectivity index (χ1v) is 8.19. The molecule has 2 N–H and O–H groups in total. The van der Waals surface area contributed by atoms with Gasteiger partial charge in [0.2, 0.25) is 5.91 Å². The lowest BCUT2D eigenvalue weighted by atomic mass is 10.2. The largest absolute Gasteiger partial charge is 0.324 e. The fourth-order valence-electron chi connectivity index (χ4n) is 2.29. The third kappa shape index (κ3) is 4.28. The predicted octanol–water partition coefficient (Wildman–Crippen LogP) is 2.47. The number of anilines is 2. The van der Waals surface area contributed by atoms with Gasteiger partial charge in [-0.05, 0) is 37.3 Å². The van der Waals surface area contributed by atoms with E-state index in [9.17, 15) is 9.59 Å². The van der Waals surface area contributed by atoms with E-state index in [0.29, 0.717) is 27.8 Å². The normalized spacial score (nSPS) is 10.6. The van der Waals surface area contributed by atoms with Crippen molar-refractivity contribution in [2.24, 2.45) is 7.05 Å². The molecule has 0 saturated carbocycles. The minimum atomic E-state index is -0.298. The number of nitrogens with zero attached hydrogens (tertiary/aromatic N) is 4. The van der Waals surface area contributed by atoms with Crippen LogP contribution in [-0.2, 0) is 18.4 Å². The van der Waals surface area contributed by atoms with Crippen LogP contribution in [0.4, 0.5) is 11.4 Å². The molecule has 2 heterocycles. The number of hydrogen-bond acceptors (Lipinski definition) is 4. The Balaban J connectivity index is 1.57.